The maximum Gasteiger partial charge on any atom is 0.251 e. The minimum absolute atomic E-state index is 0.000556. The fraction of sp³-hybridized carbons (Fsp3) is 0.478. The molecule has 34 heavy (non-hydrogen) atoms. The van der Waals surface area contributed by atoms with E-state index in [0.717, 1.165) is 29.6 Å². The molecule has 0 saturated carbocycles. The second kappa shape index (κ2) is 11.4. The number of methoxy groups -OCH3 is 1. The van der Waals surface area contributed by atoms with Crippen molar-refractivity contribution in [3.05, 3.63) is 54.0 Å². The minimum Gasteiger partial charge on any atom is -0.468 e. The molecule has 1 fully saturated rings. The molecule has 2 aliphatic rings. The van der Waals surface area contributed by atoms with E-state index in [2.05, 4.69) is 20.5 Å². The first kappa shape index (κ1) is 24.8. The van der Waals surface area contributed by atoms with Crippen LogP contribution in [0.3, 0.4) is 0 Å². The van der Waals surface area contributed by atoms with Crippen molar-refractivity contribution in [2.24, 2.45) is 4.99 Å². The number of nitrogens with zero attached hydrogens (tertiary/aromatic N) is 2. The normalized spacial score (nSPS) is 20.8. The molecule has 1 saturated heterocycles. The molecule has 184 valence electrons. The van der Waals surface area contributed by atoms with Gasteiger partial charge in [0.2, 0.25) is 0 Å². The van der Waals surface area contributed by atoms with Gasteiger partial charge in [0.15, 0.2) is 15.0 Å². The van der Waals surface area contributed by atoms with Gasteiger partial charge in [-0.2, -0.15) is 0 Å². The predicted octanol–water partition coefficient (Wildman–Crippen LogP) is 2.23. The lowest BCUT2D eigenvalue weighted by atomic mass is 10.2. The van der Waals surface area contributed by atoms with Gasteiger partial charge >= 0.3 is 0 Å². The van der Waals surface area contributed by atoms with Crippen LogP contribution in [0.4, 0.5) is 5.69 Å². The number of benzene rings is 1. The maximum absolute atomic E-state index is 12.6. The number of anilines is 1. The van der Waals surface area contributed by atoms with Crippen LogP contribution in [0.2, 0.25) is 0 Å². The van der Waals surface area contributed by atoms with Gasteiger partial charge in [0.1, 0.15) is 5.76 Å². The molecule has 0 bridgehead atoms. The van der Waals surface area contributed by atoms with Gasteiger partial charge in [-0.15, -0.1) is 0 Å². The molecule has 1 aromatic heterocycles. The summed E-state index contributed by atoms with van der Waals surface area (Å²) in [5, 5.41) is 6.93. The Bertz CT molecular complexity index is 1090. The average molecular weight is 507 g/mol. The quantitative estimate of drug-likeness (QED) is 0.446. The summed E-state index contributed by atoms with van der Waals surface area (Å²) < 4.78 is 34.0. The molecule has 1 aromatic carbocycles. The van der Waals surface area contributed by atoms with E-state index in [-0.39, 0.29) is 28.7 Å². The summed E-state index contributed by atoms with van der Waals surface area (Å²) in [5.74, 6) is 1.07. The van der Waals surface area contributed by atoms with Gasteiger partial charge in [-0.25, -0.2) is 8.42 Å². The lowest BCUT2D eigenvalue weighted by molar-refractivity contribution is 0.0945. The zero-order valence-corrected chi connectivity index (χ0v) is 20.7. The number of carbonyl (C=O) groups excluding carboxylic acids is 1. The van der Waals surface area contributed by atoms with Crippen molar-refractivity contribution in [3.8, 4) is 0 Å². The van der Waals surface area contributed by atoms with Crippen molar-refractivity contribution < 1.29 is 22.4 Å². The molecule has 9 nitrogen and oxygen atoms in total. The van der Waals surface area contributed by atoms with Crippen LogP contribution in [0.15, 0.2) is 52.1 Å². The number of nitrogens with one attached hydrogen (secondary N) is 2. The van der Waals surface area contributed by atoms with Gasteiger partial charge in [-0.3, -0.25) is 14.7 Å². The lowest BCUT2D eigenvalue weighted by Gasteiger charge is -2.21. The van der Waals surface area contributed by atoms with Crippen LogP contribution in [0.25, 0.3) is 0 Å². The van der Waals surface area contributed by atoms with E-state index < -0.39 is 9.84 Å². The Morgan fingerprint density at radius 1 is 1.24 bits per heavy atom. The number of amidine groups is 1. The maximum atomic E-state index is 12.6. The third kappa shape index (κ3) is 6.84. The number of hydrogen-bond donors (Lipinski definition) is 2. The van der Waals surface area contributed by atoms with Crippen molar-refractivity contribution in [3.63, 3.8) is 0 Å². The van der Waals surface area contributed by atoms with Crippen LogP contribution < -0.4 is 10.6 Å². The number of sulfone groups is 1. The van der Waals surface area contributed by atoms with Crippen LogP contribution >= 0.6 is 11.8 Å². The van der Waals surface area contributed by atoms with E-state index in [1.807, 2.05) is 24.3 Å². The number of hydrogen-bond acceptors (Lipinski definition) is 9. The van der Waals surface area contributed by atoms with E-state index in [1.165, 1.54) is 11.8 Å². The molecule has 0 unspecified atom stereocenters. The van der Waals surface area contributed by atoms with Gasteiger partial charge in [-0.1, -0.05) is 11.8 Å². The number of thioether (sulfide) groups is 1. The fourth-order valence-electron chi connectivity index (χ4n) is 4.00. The molecule has 0 spiro atoms. The Kier molecular flexibility index (Phi) is 8.30. The highest BCUT2D eigenvalue weighted by Gasteiger charge is 2.42. The molecule has 2 aromatic rings. The zero-order valence-electron chi connectivity index (χ0n) is 19.1. The smallest absolute Gasteiger partial charge is 0.251 e. The molecule has 2 N–H and O–H groups in total. The SMILES string of the molecule is COCCCN(CCNC(=O)c1ccc(NC2=N[C@@H]3CS(=O)(=O)C[C@@H]3S2)cc1)Cc1ccco1. The molecule has 0 aliphatic carbocycles. The van der Waals surface area contributed by atoms with E-state index in [1.54, 1.807) is 25.5 Å². The predicted molar refractivity (Wildman–Crippen MR) is 134 cm³/mol. The summed E-state index contributed by atoms with van der Waals surface area (Å²) in [6, 6.07) is 10.8. The molecule has 11 heteroatoms. The average Bonchev–Trinajstić information content (AvgIpc) is 3.49. The third-order valence-electron chi connectivity index (χ3n) is 5.71. The number of aliphatic imine (C=N–C) groups is 1. The molecule has 2 aliphatic heterocycles. The van der Waals surface area contributed by atoms with E-state index in [0.29, 0.717) is 31.8 Å². The first-order valence-electron chi connectivity index (χ1n) is 11.3. The van der Waals surface area contributed by atoms with E-state index >= 15 is 0 Å². The summed E-state index contributed by atoms with van der Waals surface area (Å²) >= 11 is 1.47. The molecule has 1 amide bonds. The molecule has 2 atom stereocenters. The van der Waals surface area contributed by atoms with Gasteiger partial charge in [-0.05, 0) is 42.8 Å². The first-order valence-corrected chi connectivity index (χ1v) is 14.0. The first-order chi connectivity index (χ1) is 16.4. The van der Waals surface area contributed by atoms with Gasteiger partial charge < -0.3 is 19.8 Å². The number of carbonyl (C=O) groups is 1. The lowest BCUT2D eigenvalue weighted by Crippen LogP contribution is -2.35. The number of furan rings is 1. The highest BCUT2D eigenvalue weighted by molar-refractivity contribution is 8.15. The largest absolute Gasteiger partial charge is 0.468 e. The van der Waals surface area contributed by atoms with Crippen molar-refractivity contribution in [2.45, 2.75) is 24.3 Å². The van der Waals surface area contributed by atoms with Gasteiger partial charge in [0.25, 0.3) is 5.91 Å². The molecule has 0 radical (unpaired) electrons. The fourth-order valence-corrected chi connectivity index (χ4v) is 7.68. The summed E-state index contributed by atoms with van der Waals surface area (Å²) in [5.41, 5.74) is 1.39. The van der Waals surface area contributed by atoms with Crippen LogP contribution in [0.5, 0.6) is 0 Å². The second-order valence-electron chi connectivity index (χ2n) is 8.39. The summed E-state index contributed by atoms with van der Waals surface area (Å²) in [6.07, 6.45) is 2.57. The Morgan fingerprint density at radius 3 is 2.76 bits per heavy atom. The highest BCUT2D eigenvalue weighted by Crippen LogP contribution is 2.34. The Labute approximate surface area is 204 Å². The summed E-state index contributed by atoms with van der Waals surface area (Å²) in [6.45, 7) is 3.44. The zero-order chi connectivity index (χ0) is 24.0. The monoisotopic (exact) mass is 506 g/mol. The third-order valence-corrected chi connectivity index (χ3v) is 8.85. The molecule has 4 rings (SSSR count). The molecular weight excluding hydrogens is 476 g/mol. The summed E-state index contributed by atoms with van der Waals surface area (Å²) in [7, 11) is -1.27. The molecule has 3 heterocycles. The molecular formula is C23H30N4O5S2. The van der Waals surface area contributed by atoms with Gasteiger partial charge in [0, 0.05) is 49.9 Å². The minimum atomic E-state index is -2.96. The van der Waals surface area contributed by atoms with Gasteiger partial charge in [0.05, 0.1) is 30.4 Å². The standard InChI is InChI=1S/C23H30N4O5S2/c1-31-12-3-10-27(14-19-4-2-13-32-19)11-9-24-22(28)17-5-7-18(8-6-17)25-23-26-20-15-34(29,30)16-21(20)33-23/h2,4-8,13,20-21H,3,9-12,14-16H2,1H3,(H,24,28)(H,25,26)/t20-,21+/m1/s1. The van der Waals surface area contributed by atoms with E-state index in [9.17, 15) is 13.2 Å². The van der Waals surface area contributed by atoms with Crippen molar-refractivity contribution >= 4 is 38.4 Å². The number of ether oxygens (including phenoxy) is 1. The number of rotatable bonds is 11. The number of amides is 1. The Hall–Kier alpha value is -2.34. The van der Waals surface area contributed by atoms with Crippen LogP contribution in [-0.4, -0.2) is 80.5 Å². The Morgan fingerprint density at radius 2 is 2.06 bits per heavy atom. The van der Waals surface area contributed by atoms with Crippen molar-refractivity contribution in [1.82, 2.24) is 10.2 Å². The summed E-state index contributed by atoms with van der Waals surface area (Å²) in [4.78, 5) is 19.3. The Balaban J connectivity index is 1.24. The highest BCUT2D eigenvalue weighted by atomic mass is 32.2. The number of fused-ring (bicyclic) bond motifs is 1. The second-order valence-corrected chi connectivity index (χ2v) is 11.8. The van der Waals surface area contributed by atoms with Crippen LogP contribution in [0, 0.1) is 0 Å². The van der Waals surface area contributed by atoms with Crippen LogP contribution in [-0.2, 0) is 21.1 Å². The topological polar surface area (TPSA) is 113 Å². The van der Waals surface area contributed by atoms with Crippen LogP contribution in [0.1, 0.15) is 22.5 Å². The van der Waals surface area contributed by atoms with Crippen molar-refractivity contribution in [1.29, 1.82) is 0 Å². The van der Waals surface area contributed by atoms with E-state index in [4.69, 9.17) is 9.15 Å². The van der Waals surface area contributed by atoms with Crippen molar-refractivity contribution in [2.75, 3.05) is 50.2 Å².